The molecule has 1 fully saturated rings. The number of pyridine rings is 1. The molecule has 1 atom stereocenters. The summed E-state index contributed by atoms with van der Waals surface area (Å²) in [5.41, 5.74) is 2.24. The Labute approximate surface area is 163 Å². The molecular weight excluding hydrogens is 334 g/mol. The van der Waals surface area contributed by atoms with Crippen LogP contribution in [0.2, 0.25) is 0 Å². The third-order valence-corrected chi connectivity index (χ3v) is 5.68. The number of carbonyl (C=O) groups is 1. The molecule has 0 bridgehead atoms. The van der Waals surface area contributed by atoms with E-state index in [1.165, 1.54) is 31.4 Å². The monoisotopic (exact) mass is 365 g/mol. The molecule has 1 aliphatic rings. The molecule has 1 aliphatic carbocycles. The highest BCUT2D eigenvalue weighted by Gasteiger charge is 2.30. The summed E-state index contributed by atoms with van der Waals surface area (Å²) >= 11 is 0. The van der Waals surface area contributed by atoms with Gasteiger partial charge in [-0.1, -0.05) is 36.4 Å². The van der Waals surface area contributed by atoms with Crippen LogP contribution in [0.3, 0.4) is 0 Å². The first-order chi connectivity index (χ1) is 13.1. The molecule has 0 saturated heterocycles. The molecule has 144 valence electrons. The topological polar surface area (TPSA) is 45.2 Å². The molecule has 0 aliphatic heterocycles. The first kappa shape index (κ1) is 19.6. The minimum absolute atomic E-state index is 0.128. The van der Waals surface area contributed by atoms with Crippen molar-refractivity contribution in [3.63, 3.8) is 0 Å². The third kappa shape index (κ3) is 5.64. The zero-order valence-corrected chi connectivity index (χ0v) is 16.5. The Morgan fingerprint density at radius 1 is 1.07 bits per heavy atom. The molecule has 1 aromatic carbocycles. The Hall–Kier alpha value is -2.20. The Morgan fingerprint density at radius 3 is 2.41 bits per heavy atom. The number of carbonyl (C=O) groups excluding carboxylic acids is 1. The van der Waals surface area contributed by atoms with E-state index < -0.39 is 0 Å². The molecule has 1 amide bonds. The molecule has 0 radical (unpaired) electrons. The molecule has 0 spiro atoms. The van der Waals surface area contributed by atoms with Gasteiger partial charge in [0.25, 0.3) is 0 Å². The molecule has 1 N–H and O–H groups in total. The van der Waals surface area contributed by atoms with Gasteiger partial charge in [-0.2, -0.15) is 0 Å². The smallest absolute Gasteiger partial charge is 0.224 e. The van der Waals surface area contributed by atoms with Crippen LogP contribution in [-0.4, -0.2) is 36.4 Å². The van der Waals surface area contributed by atoms with E-state index in [1.807, 2.05) is 42.6 Å². The van der Waals surface area contributed by atoms with Crippen LogP contribution < -0.4 is 5.32 Å². The van der Waals surface area contributed by atoms with Crippen LogP contribution in [-0.2, 0) is 11.2 Å². The normalized spacial score (nSPS) is 21.0. The first-order valence-corrected chi connectivity index (χ1v) is 10.0. The maximum absolute atomic E-state index is 12.2. The standard InChI is InChI=1S/C23H31N3O/c1-26(2)23(21-10-6-7-15-24-21)20-13-11-19(12-14-20)17-25-22(27)16-18-8-4-3-5-9-18/h3-10,15,19-20,23H,11-14,16-17H2,1-2H3,(H,25,27)/t19?,20?,23-/m1/s1. The van der Waals surface area contributed by atoms with Gasteiger partial charge in [-0.3, -0.25) is 9.78 Å². The molecule has 4 nitrogen and oxygen atoms in total. The SMILES string of the molecule is CN(C)[C@@H](c1ccccn1)C1CCC(CNC(=O)Cc2ccccc2)CC1. The molecular formula is C23H31N3O. The Bertz CT molecular complexity index is 694. The molecule has 1 heterocycles. The van der Waals surface area contributed by atoms with Gasteiger partial charge in [0, 0.05) is 12.7 Å². The van der Waals surface area contributed by atoms with E-state index in [4.69, 9.17) is 0 Å². The number of amides is 1. The maximum atomic E-state index is 12.2. The quantitative estimate of drug-likeness (QED) is 0.811. The van der Waals surface area contributed by atoms with Crippen LogP contribution in [0.4, 0.5) is 0 Å². The number of hydrogen-bond acceptors (Lipinski definition) is 3. The third-order valence-electron chi connectivity index (χ3n) is 5.68. The molecule has 3 rings (SSSR count). The number of benzene rings is 1. The van der Waals surface area contributed by atoms with Crippen molar-refractivity contribution >= 4 is 5.91 Å². The first-order valence-electron chi connectivity index (χ1n) is 10.0. The van der Waals surface area contributed by atoms with Gasteiger partial charge < -0.3 is 10.2 Å². The summed E-state index contributed by atoms with van der Waals surface area (Å²) < 4.78 is 0. The molecule has 1 saturated carbocycles. The van der Waals surface area contributed by atoms with Gasteiger partial charge in [0.1, 0.15) is 0 Å². The zero-order valence-electron chi connectivity index (χ0n) is 16.5. The zero-order chi connectivity index (χ0) is 19.1. The van der Waals surface area contributed by atoms with Crippen LogP contribution in [0, 0.1) is 11.8 Å². The van der Waals surface area contributed by atoms with Crippen molar-refractivity contribution in [1.29, 1.82) is 0 Å². The predicted octanol–water partition coefficient (Wildman–Crippen LogP) is 3.85. The van der Waals surface area contributed by atoms with E-state index >= 15 is 0 Å². The second-order valence-electron chi connectivity index (χ2n) is 7.91. The van der Waals surface area contributed by atoms with Gasteiger partial charge in [0.15, 0.2) is 0 Å². The minimum Gasteiger partial charge on any atom is -0.356 e. The lowest BCUT2D eigenvalue weighted by Gasteiger charge is -2.37. The fraction of sp³-hybridized carbons (Fsp3) is 0.478. The number of nitrogens with zero attached hydrogens (tertiary/aromatic N) is 2. The lowest BCUT2D eigenvalue weighted by Crippen LogP contribution is -2.35. The summed E-state index contributed by atoms with van der Waals surface area (Å²) in [6.07, 6.45) is 7.09. The predicted molar refractivity (Wildman–Crippen MR) is 109 cm³/mol. The van der Waals surface area contributed by atoms with Crippen LogP contribution in [0.5, 0.6) is 0 Å². The van der Waals surface area contributed by atoms with Gasteiger partial charge in [-0.25, -0.2) is 0 Å². The molecule has 1 aromatic heterocycles. The van der Waals surface area contributed by atoms with Crippen LogP contribution in [0.25, 0.3) is 0 Å². The molecule has 0 unspecified atom stereocenters. The fourth-order valence-corrected chi connectivity index (χ4v) is 4.29. The van der Waals surface area contributed by atoms with Gasteiger partial charge >= 0.3 is 0 Å². The Morgan fingerprint density at radius 2 is 1.78 bits per heavy atom. The van der Waals surface area contributed by atoms with Crippen LogP contribution >= 0.6 is 0 Å². The van der Waals surface area contributed by atoms with E-state index in [-0.39, 0.29) is 5.91 Å². The summed E-state index contributed by atoms with van der Waals surface area (Å²) in [7, 11) is 4.30. The number of hydrogen-bond donors (Lipinski definition) is 1. The van der Waals surface area contributed by atoms with Crippen LogP contribution in [0.15, 0.2) is 54.7 Å². The van der Waals surface area contributed by atoms with Crippen molar-refractivity contribution in [3.05, 3.63) is 66.0 Å². The summed E-state index contributed by atoms with van der Waals surface area (Å²) in [6, 6.07) is 16.5. The summed E-state index contributed by atoms with van der Waals surface area (Å²) in [5, 5.41) is 3.14. The van der Waals surface area contributed by atoms with Gasteiger partial charge in [-0.05, 0) is 69.3 Å². The van der Waals surface area contributed by atoms with Gasteiger partial charge in [0.05, 0.1) is 18.2 Å². The van der Waals surface area contributed by atoms with E-state index in [0.29, 0.717) is 24.3 Å². The van der Waals surface area contributed by atoms with Crippen LogP contribution in [0.1, 0.15) is 43.0 Å². The van der Waals surface area contributed by atoms with Crippen molar-refractivity contribution < 1.29 is 4.79 Å². The van der Waals surface area contributed by atoms with Gasteiger partial charge in [0.2, 0.25) is 5.91 Å². The largest absolute Gasteiger partial charge is 0.356 e. The van der Waals surface area contributed by atoms with Crippen molar-refractivity contribution in [2.45, 2.75) is 38.1 Å². The lowest BCUT2D eigenvalue weighted by atomic mass is 9.77. The van der Waals surface area contributed by atoms with E-state index in [0.717, 1.165) is 12.1 Å². The Kier molecular flexibility index (Phi) is 6.99. The molecule has 2 aromatic rings. The van der Waals surface area contributed by atoms with Crippen molar-refractivity contribution in [2.75, 3.05) is 20.6 Å². The number of rotatable bonds is 7. The fourth-order valence-electron chi connectivity index (χ4n) is 4.29. The highest BCUT2D eigenvalue weighted by Crippen LogP contribution is 2.38. The van der Waals surface area contributed by atoms with E-state index in [1.54, 1.807) is 0 Å². The summed E-state index contributed by atoms with van der Waals surface area (Å²) in [4.78, 5) is 19.1. The second kappa shape index (κ2) is 9.65. The van der Waals surface area contributed by atoms with Crippen molar-refractivity contribution in [3.8, 4) is 0 Å². The minimum atomic E-state index is 0.128. The summed E-state index contributed by atoms with van der Waals surface area (Å²) in [5.74, 6) is 1.35. The molecule has 27 heavy (non-hydrogen) atoms. The number of nitrogens with one attached hydrogen (secondary N) is 1. The second-order valence-corrected chi connectivity index (χ2v) is 7.91. The Balaban J connectivity index is 1.46. The summed E-state index contributed by atoms with van der Waals surface area (Å²) in [6.45, 7) is 0.800. The van der Waals surface area contributed by atoms with Crippen molar-refractivity contribution in [1.82, 2.24) is 15.2 Å². The highest BCUT2D eigenvalue weighted by molar-refractivity contribution is 5.78. The average molecular weight is 366 g/mol. The van der Waals surface area contributed by atoms with Crippen molar-refractivity contribution in [2.24, 2.45) is 11.8 Å². The average Bonchev–Trinajstić information content (AvgIpc) is 2.69. The van der Waals surface area contributed by atoms with E-state index in [2.05, 4.69) is 41.4 Å². The maximum Gasteiger partial charge on any atom is 0.224 e. The lowest BCUT2D eigenvalue weighted by molar-refractivity contribution is -0.120. The van der Waals surface area contributed by atoms with Gasteiger partial charge in [-0.15, -0.1) is 0 Å². The highest BCUT2D eigenvalue weighted by atomic mass is 16.1. The number of aromatic nitrogens is 1. The van der Waals surface area contributed by atoms with E-state index in [9.17, 15) is 4.79 Å². The molecule has 4 heteroatoms.